The van der Waals surface area contributed by atoms with Crippen molar-refractivity contribution in [3.05, 3.63) is 48.0 Å². The van der Waals surface area contributed by atoms with Crippen LogP contribution in [0.4, 0.5) is 4.79 Å². The van der Waals surface area contributed by atoms with E-state index in [-0.39, 0.29) is 18.2 Å². The predicted octanol–water partition coefficient (Wildman–Crippen LogP) is 2.96. The largest absolute Gasteiger partial charge is 0.467 e. The molecule has 0 unspecified atom stereocenters. The van der Waals surface area contributed by atoms with Crippen molar-refractivity contribution in [3.8, 4) is 0 Å². The van der Waals surface area contributed by atoms with Crippen LogP contribution in [0.3, 0.4) is 0 Å². The average Bonchev–Trinajstić information content (AvgIpc) is 3.21. The van der Waals surface area contributed by atoms with Gasteiger partial charge in [0, 0.05) is 6.42 Å². The number of ether oxygens (including phenoxy) is 2. The fourth-order valence-corrected chi connectivity index (χ4v) is 3.52. The second-order valence-corrected chi connectivity index (χ2v) is 9.43. The van der Waals surface area contributed by atoms with Crippen molar-refractivity contribution in [2.45, 2.75) is 71.7 Å². The number of hydrogen-bond acceptors (Lipinski definition) is 7. The number of esters is 1. The number of methoxy groups -OCH3 is 1. The normalized spacial score (nSPS) is 14.1. The third kappa shape index (κ3) is 7.57. The zero-order valence-electron chi connectivity index (χ0n) is 20.9. The van der Waals surface area contributed by atoms with Crippen LogP contribution in [0.1, 0.15) is 65.0 Å². The zero-order chi connectivity index (χ0) is 25.5. The summed E-state index contributed by atoms with van der Waals surface area (Å²) < 4.78 is 11.8. The molecule has 0 fully saturated rings. The highest BCUT2D eigenvalue weighted by Gasteiger charge is 2.32. The Kier molecular flexibility index (Phi) is 9.17. The van der Waals surface area contributed by atoms with E-state index >= 15 is 0 Å². The van der Waals surface area contributed by atoms with E-state index in [1.807, 2.05) is 44.2 Å². The average molecular weight is 474 g/mol. The third-order valence-electron chi connectivity index (χ3n) is 5.01. The molecule has 10 heteroatoms. The summed E-state index contributed by atoms with van der Waals surface area (Å²) in [5.41, 5.74) is 0.235. The van der Waals surface area contributed by atoms with Crippen LogP contribution >= 0.6 is 0 Å². The third-order valence-corrected chi connectivity index (χ3v) is 5.01. The van der Waals surface area contributed by atoms with Gasteiger partial charge in [0.2, 0.25) is 5.91 Å². The molecule has 10 nitrogen and oxygen atoms in total. The Morgan fingerprint density at radius 1 is 1.06 bits per heavy atom. The van der Waals surface area contributed by atoms with Crippen molar-refractivity contribution >= 4 is 18.0 Å². The number of nitrogens with one attached hydrogen (secondary N) is 2. The van der Waals surface area contributed by atoms with Crippen molar-refractivity contribution < 1.29 is 23.9 Å². The van der Waals surface area contributed by atoms with E-state index in [1.54, 1.807) is 32.3 Å². The van der Waals surface area contributed by atoms with Crippen LogP contribution in [-0.2, 0) is 25.5 Å². The molecular weight excluding hydrogens is 438 g/mol. The molecule has 0 saturated heterocycles. The number of carbonyl (C=O) groups is 3. The number of benzene rings is 1. The Morgan fingerprint density at radius 3 is 2.26 bits per heavy atom. The highest BCUT2D eigenvalue weighted by atomic mass is 16.6. The summed E-state index contributed by atoms with van der Waals surface area (Å²) >= 11 is 0. The number of carbonyl (C=O) groups excluding carboxylic acids is 3. The van der Waals surface area contributed by atoms with E-state index in [0.29, 0.717) is 5.82 Å². The minimum Gasteiger partial charge on any atom is -0.467 e. The monoisotopic (exact) mass is 473 g/mol. The van der Waals surface area contributed by atoms with Crippen molar-refractivity contribution in [3.63, 3.8) is 0 Å². The molecule has 1 aromatic heterocycles. The number of hydrogen-bond donors (Lipinski definition) is 2. The van der Waals surface area contributed by atoms with E-state index in [0.717, 1.165) is 5.56 Å². The SMILES string of the molecule is COC(=O)[C@H](Cc1ccccc1)NC(=O)[C@H](C(C)C)n1cnnc1[C@H](C)NC(=O)OC(C)(C)C. The summed E-state index contributed by atoms with van der Waals surface area (Å²) in [4.78, 5) is 38.0. The van der Waals surface area contributed by atoms with Crippen LogP contribution in [0.5, 0.6) is 0 Å². The zero-order valence-corrected chi connectivity index (χ0v) is 20.9. The van der Waals surface area contributed by atoms with Crippen molar-refractivity contribution in [2.24, 2.45) is 5.92 Å². The van der Waals surface area contributed by atoms with Gasteiger partial charge in [-0.05, 0) is 39.2 Å². The smallest absolute Gasteiger partial charge is 0.408 e. The highest BCUT2D eigenvalue weighted by Crippen LogP contribution is 2.23. The van der Waals surface area contributed by atoms with E-state index in [9.17, 15) is 14.4 Å². The van der Waals surface area contributed by atoms with Gasteiger partial charge in [-0.1, -0.05) is 44.2 Å². The second kappa shape index (κ2) is 11.6. The van der Waals surface area contributed by atoms with Crippen LogP contribution in [0.15, 0.2) is 36.7 Å². The maximum Gasteiger partial charge on any atom is 0.408 e. The molecule has 34 heavy (non-hydrogen) atoms. The van der Waals surface area contributed by atoms with Gasteiger partial charge in [-0.25, -0.2) is 9.59 Å². The lowest BCUT2D eigenvalue weighted by molar-refractivity contribution is -0.145. The molecule has 0 bridgehead atoms. The minimum atomic E-state index is -0.863. The summed E-state index contributed by atoms with van der Waals surface area (Å²) in [6, 6.07) is 7.20. The molecular formula is C24H35N5O5. The van der Waals surface area contributed by atoms with Gasteiger partial charge in [-0.15, -0.1) is 10.2 Å². The second-order valence-electron chi connectivity index (χ2n) is 9.43. The molecule has 0 radical (unpaired) electrons. The van der Waals surface area contributed by atoms with Crippen LogP contribution < -0.4 is 10.6 Å². The topological polar surface area (TPSA) is 124 Å². The highest BCUT2D eigenvalue weighted by molar-refractivity contribution is 5.87. The van der Waals surface area contributed by atoms with Gasteiger partial charge < -0.3 is 24.7 Å². The van der Waals surface area contributed by atoms with Gasteiger partial charge in [0.1, 0.15) is 24.0 Å². The maximum atomic E-state index is 13.4. The lowest BCUT2D eigenvalue weighted by Gasteiger charge is -2.27. The molecule has 0 aliphatic carbocycles. The van der Waals surface area contributed by atoms with Crippen LogP contribution in [-0.4, -0.2) is 51.5 Å². The molecule has 2 N–H and O–H groups in total. The first kappa shape index (κ1) is 26.8. The van der Waals surface area contributed by atoms with Gasteiger partial charge >= 0.3 is 12.1 Å². The summed E-state index contributed by atoms with van der Waals surface area (Å²) in [5.74, 6) is -0.702. The standard InChI is InChI=1S/C24H35N5O5/c1-15(2)19(21(30)27-18(22(31)33-7)13-17-11-9-8-10-12-17)29-14-25-28-20(29)16(3)26-23(32)34-24(4,5)6/h8-12,14-16,18-19H,13H2,1-7H3,(H,26,32)(H,27,30)/t16-,18-,19-/m0/s1. The predicted molar refractivity (Wildman–Crippen MR) is 126 cm³/mol. The van der Waals surface area contributed by atoms with Crippen LogP contribution in [0.2, 0.25) is 0 Å². The van der Waals surface area contributed by atoms with Gasteiger partial charge in [-0.3, -0.25) is 4.79 Å². The maximum absolute atomic E-state index is 13.4. The molecule has 2 aromatic rings. The molecule has 0 aliphatic heterocycles. The summed E-state index contributed by atoms with van der Waals surface area (Å²) in [6.45, 7) is 10.8. The Bertz CT molecular complexity index is 968. The molecule has 186 valence electrons. The summed E-state index contributed by atoms with van der Waals surface area (Å²) in [6.07, 6.45) is 1.13. The van der Waals surface area contributed by atoms with E-state index < -0.39 is 35.8 Å². The van der Waals surface area contributed by atoms with E-state index in [4.69, 9.17) is 9.47 Å². The first-order chi connectivity index (χ1) is 15.9. The summed E-state index contributed by atoms with van der Waals surface area (Å²) in [5, 5.41) is 13.6. The van der Waals surface area contributed by atoms with Gasteiger partial charge in [0.05, 0.1) is 13.2 Å². The Balaban J connectivity index is 2.23. The van der Waals surface area contributed by atoms with Gasteiger partial charge in [0.15, 0.2) is 5.82 Å². The molecule has 2 amide bonds. The fraction of sp³-hybridized carbons (Fsp3) is 0.542. The van der Waals surface area contributed by atoms with E-state index in [1.165, 1.54) is 13.4 Å². The first-order valence-corrected chi connectivity index (χ1v) is 11.2. The lowest BCUT2D eigenvalue weighted by atomic mass is 10.0. The molecule has 0 spiro atoms. The molecule has 0 aliphatic rings. The molecule has 1 heterocycles. The Labute approximate surface area is 200 Å². The fourth-order valence-electron chi connectivity index (χ4n) is 3.52. The lowest BCUT2D eigenvalue weighted by Crippen LogP contribution is -2.47. The number of amides is 2. The molecule has 2 rings (SSSR count). The molecule has 0 saturated carbocycles. The minimum absolute atomic E-state index is 0.168. The Hall–Kier alpha value is -3.43. The van der Waals surface area contributed by atoms with Crippen molar-refractivity contribution in [1.29, 1.82) is 0 Å². The Morgan fingerprint density at radius 2 is 1.71 bits per heavy atom. The van der Waals surface area contributed by atoms with Crippen molar-refractivity contribution in [2.75, 3.05) is 7.11 Å². The quantitative estimate of drug-likeness (QED) is 0.537. The molecule has 1 aromatic carbocycles. The molecule has 3 atom stereocenters. The summed E-state index contributed by atoms with van der Waals surface area (Å²) in [7, 11) is 1.29. The number of rotatable bonds is 9. The van der Waals surface area contributed by atoms with Crippen LogP contribution in [0, 0.1) is 5.92 Å². The van der Waals surface area contributed by atoms with Gasteiger partial charge in [-0.2, -0.15) is 0 Å². The number of alkyl carbamates (subject to hydrolysis) is 1. The van der Waals surface area contributed by atoms with Crippen LogP contribution in [0.25, 0.3) is 0 Å². The van der Waals surface area contributed by atoms with Gasteiger partial charge in [0.25, 0.3) is 0 Å². The first-order valence-electron chi connectivity index (χ1n) is 11.2. The van der Waals surface area contributed by atoms with Crippen molar-refractivity contribution in [1.82, 2.24) is 25.4 Å². The number of nitrogens with zero attached hydrogens (tertiary/aromatic N) is 3. The van der Waals surface area contributed by atoms with E-state index in [2.05, 4.69) is 20.8 Å². The number of aromatic nitrogens is 3.